The van der Waals surface area contributed by atoms with Gasteiger partial charge in [-0.1, -0.05) is 12.1 Å². The number of carbonyl (C=O) groups excluding carboxylic acids is 1. The van der Waals surface area contributed by atoms with Gasteiger partial charge in [-0.05, 0) is 42.0 Å². The van der Waals surface area contributed by atoms with Crippen molar-refractivity contribution in [2.24, 2.45) is 0 Å². The highest BCUT2D eigenvalue weighted by molar-refractivity contribution is 5.76. The lowest BCUT2D eigenvalue weighted by Gasteiger charge is -2.07. The van der Waals surface area contributed by atoms with Gasteiger partial charge in [-0.2, -0.15) is 5.26 Å². The minimum Gasteiger partial charge on any atom is -0.493 e. The van der Waals surface area contributed by atoms with E-state index in [0.717, 1.165) is 5.56 Å². The van der Waals surface area contributed by atoms with Crippen molar-refractivity contribution < 1.29 is 13.9 Å². The van der Waals surface area contributed by atoms with Crippen molar-refractivity contribution in [3.8, 4) is 11.8 Å². The molecule has 0 aliphatic carbocycles. The van der Waals surface area contributed by atoms with Crippen molar-refractivity contribution >= 4 is 5.91 Å². The molecule has 1 amide bonds. The lowest BCUT2D eigenvalue weighted by Crippen LogP contribution is -2.24. The van der Waals surface area contributed by atoms with Crippen molar-refractivity contribution in [2.75, 3.05) is 6.61 Å². The van der Waals surface area contributed by atoms with Gasteiger partial charge in [-0.25, -0.2) is 4.39 Å². The molecule has 2 rings (SSSR count). The van der Waals surface area contributed by atoms with Gasteiger partial charge in [0.2, 0.25) is 5.91 Å². The molecule has 1 N–H and O–H groups in total. The van der Waals surface area contributed by atoms with Gasteiger partial charge in [0.05, 0.1) is 24.7 Å². The van der Waals surface area contributed by atoms with Crippen molar-refractivity contribution in [3.63, 3.8) is 0 Å². The van der Waals surface area contributed by atoms with Crippen LogP contribution in [0.4, 0.5) is 4.39 Å². The zero-order valence-electron chi connectivity index (χ0n) is 11.9. The van der Waals surface area contributed by atoms with E-state index in [2.05, 4.69) is 5.32 Å². The van der Waals surface area contributed by atoms with Crippen LogP contribution in [0.25, 0.3) is 0 Å². The topological polar surface area (TPSA) is 62.1 Å². The van der Waals surface area contributed by atoms with Gasteiger partial charge in [0.15, 0.2) is 0 Å². The zero-order valence-corrected chi connectivity index (χ0v) is 11.9. The Hall–Kier alpha value is -2.87. The standard InChI is InChI=1S/C17H15FN2O2/c18-15-5-7-16(8-6-15)22-10-9-17(21)20-12-14-3-1-13(11-19)2-4-14/h1-8H,9-10,12H2,(H,20,21). The summed E-state index contributed by atoms with van der Waals surface area (Å²) >= 11 is 0. The highest BCUT2D eigenvalue weighted by Crippen LogP contribution is 2.11. The number of halogens is 1. The summed E-state index contributed by atoms with van der Waals surface area (Å²) in [7, 11) is 0. The average Bonchev–Trinajstić information content (AvgIpc) is 2.55. The van der Waals surface area contributed by atoms with Crippen LogP contribution in [0.5, 0.6) is 5.75 Å². The first kappa shape index (κ1) is 15.5. The molecule has 0 bridgehead atoms. The maximum absolute atomic E-state index is 12.7. The van der Waals surface area contributed by atoms with Crippen LogP contribution in [0, 0.1) is 17.1 Å². The lowest BCUT2D eigenvalue weighted by atomic mass is 10.1. The van der Waals surface area contributed by atoms with Gasteiger partial charge in [0.25, 0.3) is 0 Å². The molecular formula is C17H15FN2O2. The van der Waals surface area contributed by atoms with Crippen molar-refractivity contribution in [2.45, 2.75) is 13.0 Å². The van der Waals surface area contributed by atoms with Crippen LogP contribution < -0.4 is 10.1 Å². The second-order valence-electron chi connectivity index (χ2n) is 4.64. The molecule has 22 heavy (non-hydrogen) atoms. The third-order valence-electron chi connectivity index (χ3n) is 2.98. The molecular weight excluding hydrogens is 283 g/mol. The summed E-state index contributed by atoms with van der Waals surface area (Å²) in [5.41, 5.74) is 1.51. The van der Waals surface area contributed by atoms with Crippen LogP contribution in [0.15, 0.2) is 48.5 Å². The van der Waals surface area contributed by atoms with E-state index in [9.17, 15) is 9.18 Å². The Morgan fingerprint density at radius 2 is 1.82 bits per heavy atom. The highest BCUT2D eigenvalue weighted by atomic mass is 19.1. The molecule has 0 fully saturated rings. The molecule has 0 heterocycles. The maximum Gasteiger partial charge on any atom is 0.223 e. The summed E-state index contributed by atoms with van der Waals surface area (Å²) in [6, 6.07) is 14.7. The Balaban J connectivity index is 1.69. The predicted molar refractivity (Wildman–Crippen MR) is 79.5 cm³/mol. The summed E-state index contributed by atoms with van der Waals surface area (Å²) in [6.07, 6.45) is 0.216. The fourth-order valence-corrected chi connectivity index (χ4v) is 1.78. The second-order valence-corrected chi connectivity index (χ2v) is 4.64. The predicted octanol–water partition coefficient (Wildman–Crippen LogP) is 2.78. The molecule has 112 valence electrons. The van der Waals surface area contributed by atoms with Gasteiger partial charge >= 0.3 is 0 Å². The minimum absolute atomic E-state index is 0.133. The maximum atomic E-state index is 12.7. The van der Waals surface area contributed by atoms with Crippen LogP contribution in [0.3, 0.4) is 0 Å². The summed E-state index contributed by atoms with van der Waals surface area (Å²) in [5.74, 6) is 0.0697. The Bertz CT molecular complexity index is 661. The number of amides is 1. The van der Waals surface area contributed by atoms with Crippen LogP contribution >= 0.6 is 0 Å². The first-order chi connectivity index (χ1) is 10.7. The average molecular weight is 298 g/mol. The number of nitrogens with zero attached hydrogens (tertiary/aromatic N) is 1. The second kappa shape index (κ2) is 7.79. The van der Waals surface area contributed by atoms with E-state index >= 15 is 0 Å². The normalized spacial score (nSPS) is 9.82. The van der Waals surface area contributed by atoms with E-state index in [1.54, 1.807) is 24.3 Å². The Morgan fingerprint density at radius 3 is 2.45 bits per heavy atom. The highest BCUT2D eigenvalue weighted by Gasteiger charge is 2.03. The fourth-order valence-electron chi connectivity index (χ4n) is 1.78. The number of hydrogen-bond acceptors (Lipinski definition) is 3. The number of carbonyl (C=O) groups is 1. The first-order valence-electron chi connectivity index (χ1n) is 6.81. The van der Waals surface area contributed by atoms with Gasteiger partial charge < -0.3 is 10.1 Å². The third kappa shape index (κ3) is 4.91. The number of nitrogens with one attached hydrogen (secondary N) is 1. The molecule has 0 saturated carbocycles. The number of benzene rings is 2. The smallest absolute Gasteiger partial charge is 0.223 e. The summed E-state index contributed by atoms with van der Waals surface area (Å²) in [5, 5.41) is 11.5. The van der Waals surface area contributed by atoms with E-state index in [1.807, 2.05) is 6.07 Å². The fraction of sp³-hybridized carbons (Fsp3) is 0.176. The van der Waals surface area contributed by atoms with Crippen LogP contribution in [0.2, 0.25) is 0 Å². The molecule has 0 atom stereocenters. The molecule has 0 saturated heterocycles. The number of rotatable bonds is 6. The SMILES string of the molecule is N#Cc1ccc(CNC(=O)CCOc2ccc(F)cc2)cc1. The Kier molecular flexibility index (Phi) is 5.50. The number of nitriles is 1. The van der Waals surface area contributed by atoms with Crippen molar-refractivity contribution in [1.82, 2.24) is 5.32 Å². The molecule has 0 aliphatic heterocycles. The molecule has 0 aliphatic rings. The largest absolute Gasteiger partial charge is 0.493 e. The van der Waals surface area contributed by atoms with E-state index in [0.29, 0.717) is 17.9 Å². The Morgan fingerprint density at radius 1 is 1.14 bits per heavy atom. The monoisotopic (exact) mass is 298 g/mol. The minimum atomic E-state index is -0.326. The number of hydrogen-bond donors (Lipinski definition) is 1. The Labute approximate surface area is 128 Å². The van der Waals surface area contributed by atoms with Crippen molar-refractivity contribution in [1.29, 1.82) is 5.26 Å². The zero-order chi connectivity index (χ0) is 15.8. The van der Waals surface area contributed by atoms with Crippen molar-refractivity contribution in [3.05, 3.63) is 65.5 Å². The number of ether oxygens (including phenoxy) is 1. The molecule has 5 heteroatoms. The van der Waals surface area contributed by atoms with E-state index < -0.39 is 0 Å². The third-order valence-corrected chi connectivity index (χ3v) is 2.98. The summed E-state index contributed by atoms with van der Waals surface area (Å²) < 4.78 is 18.1. The van der Waals surface area contributed by atoms with Crippen LogP contribution in [-0.4, -0.2) is 12.5 Å². The van der Waals surface area contributed by atoms with Crippen LogP contribution in [0.1, 0.15) is 17.5 Å². The molecule has 2 aromatic rings. The quantitative estimate of drug-likeness (QED) is 0.892. The van der Waals surface area contributed by atoms with Crippen LogP contribution in [-0.2, 0) is 11.3 Å². The van der Waals surface area contributed by atoms with Gasteiger partial charge in [0, 0.05) is 6.54 Å². The molecule has 0 radical (unpaired) electrons. The first-order valence-corrected chi connectivity index (χ1v) is 6.81. The molecule has 0 aromatic heterocycles. The molecule has 0 spiro atoms. The van der Waals surface area contributed by atoms with Gasteiger partial charge in [-0.3, -0.25) is 4.79 Å². The van der Waals surface area contributed by atoms with E-state index in [-0.39, 0.29) is 24.8 Å². The summed E-state index contributed by atoms with van der Waals surface area (Å²) in [4.78, 5) is 11.7. The molecule has 2 aromatic carbocycles. The van der Waals surface area contributed by atoms with Gasteiger partial charge in [-0.15, -0.1) is 0 Å². The van der Waals surface area contributed by atoms with E-state index in [1.165, 1.54) is 24.3 Å². The summed E-state index contributed by atoms with van der Waals surface area (Å²) in [6.45, 7) is 0.631. The van der Waals surface area contributed by atoms with E-state index in [4.69, 9.17) is 10.00 Å². The molecule has 4 nitrogen and oxygen atoms in total. The van der Waals surface area contributed by atoms with Gasteiger partial charge in [0.1, 0.15) is 11.6 Å². The molecule has 0 unspecified atom stereocenters. The lowest BCUT2D eigenvalue weighted by molar-refractivity contribution is -0.121.